The number of halogens is 1. The number of likely N-dealkylation sites (N-methyl/N-ethyl adjacent to an activating group) is 1. The molecule has 2 atom stereocenters. The molecular weight excluding hydrogens is 217 g/mol. The molecule has 0 heterocycles. The highest BCUT2D eigenvalue weighted by Crippen LogP contribution is 2.27. The second-order valence-corrected chi connectivity index (χ2v) is 4.69. The van der Waals surface area contributed by atoms with Crippen LogP contribution in [0.25, 0.3) is 0 Å². The minimum atomic E-state index is -0.266. The Balaban J connectivity index is 2.06. The first kappa shape index (κ1) is 12.4. The van der Waals surface area contributed by atoms with Gasteiger partial charge in [0.05, 0.1) is 0 Å². The van der Waals surface area contributed by atoms with Crippen LogP contribution in [0.5, 0.6) is 5.75 Å². The third-order valence-corrected chi connectivity index (χ3v) is 3.28. The molecular formula is C14H20FNO. The Morgan fingerprint density at radius 2 is 2.24 bits per heavy atom. The Morgan fingerprint density at radius 1 is 1.41 bits per heavy atom. The number of aryl methyl sites for hydroxylation is 1. The smallest absolute Gasteiger partial charge is 0.165 e. The van der Waals surface area contributed by atoms with Gasteiger partial charge in [-0.1, -0.05) is 13.0 Å². The van der Waals surface area contributed by atoms with Crippen molar-refractivity contribution < 1.29 is 9.13 Å². The van der Waals surface area contributed by atoms with Gasteiger partial charge in [0.25, 0.3) is 0 Å². The molecule has 1 aliphatic carbocycles. The molecule has 2 nitrogen and oxygen atoms in total. The molecule has 0 spiro atoms. The molecule has 0 aromatic heterocycles. The number of nitrogens with one attached hydrogen (secondary N) is 1. The number of benzene rings is 1. The van der Waals surface area contributed by atoms with E-state index >= 15 is 0 Å². The standard InChI is InChI=1S/C14H20FNO/c1-3-16-12-5-4-6-13(12)17-14-9-10(2)7-8-11(14)15/h7-9,12-13,16H,3-6H2,1-2H3. The average Bonchev–Trinajstić information content (AvgIpc) is 2.72. The van der Waals surface area contributed by atoms with Gasteiger partial charge in [-0.15, -0.1) is 0 Å². The zero-order chi connectivity index (χ0) is 12.3. The summed E-state index contributed by atoms with van der Waals surface area (Å²) in [5.74, 6) is 0.123. The largest absolute Gasteiger partial charge is 0.486 e. The van der Waals surface area contributed by atoms with Gasteiger partial charge >= 0.3 is 0 Å². The number of ether oxygens (including phenoxy) is 1. The predicted octanol–water partition coefficient (Wildman–Crippen LogP) is 3.04. The summed E-state index contributed by atoms with van der Waals surface area (Å²) >= 11 is 0. The maximum absolute atomic E-state index is 13.6. The topological polar surface area (TPSA) is 21.3 Å². The third kappa shape index (κ3) is 2.97. The molecule has 1 fully saturated rings. The van der Waals surface area contributed by atoms with Crippen molar-refractivity contribution in [2.24, 2.45) is 0 Å². The van der Waals surface area contributed by atoms with E-state index in [4.69, 9.17) is 4.74 Å². The number of hydrogen-bond acceptors (Lipinski definition) is 2. The van der Waals surface area contributed by atoms with E-state index in [1.807, 2.05) is 6.92 Å². The van der Waals surface area contributed by atoms with Crippen LogP contribution in [0.2, 0.25) is 0 Å². The van der Waals surface area contributed by atoms with Crippen molar-refractivity contribution in [2.75, 3.05) is 6.54 Å². The first-order valence-electron chi connectivity index (χ1n) is 6.37. The lowest BCUT2D eigenvalue weighted by atomic mass is 10.2. The molecule has 3 heteroatoms. The maximum atomic E-state index is 13.6. The van der Waals surface area contributed by atoms with E-state index in [9.17, 15) is 4.39 Å². The third-order valence-electron chi connectivity index (χ3n) is 3.28. The van der Waals surface area contributed by atoms with Crippen molar-refractivity contribution in [1.29, 1.82) is 0 Å². The van der Waals surface area contributed by atoms with Crippen LogP contribution in [0.3, 0.4) is 0 Å². The monoisotopic (exact) mass is 237 g/mol. The van der Waals surface area contributed by atoms with Crippen molar-refractivity contribution in [3.05, 3.63) is 29.6 Å². The number of hydrogen-bond donors (Lipinski definition) is 1. The summed E-state index contributed by atoms with van der Waals surface area (Å²) in [6.45, 7) is 4.96. The molecule has 17 heavy (non-hydrogen) atoms. The van der Waals surface area contributed by atoms with Crippen molar-refractivity contribution >= 4 is 0 Å². The first-order chi connectivity index (χ1) is 8.20. The van der Waals surface area contributed by atoms with Crippen LogP contribution < -0.4 is 10.1 Å². The highest BCUT2D eigenvalue weighted by Gasteiger charge is 2.28. The van der Waals surface area contributed by atoms with Gasteiger partial charge in [-0.2, -0.15) is 0 Å². The van der Waals surface area contributed by atoms with Gasteiger partial charge in [0.1, 0.15) is 6.10 Å². The van der Waals surface area contributed by atoms with Crippen LogP contribution >= 0.6 is 0 Å². The Labute approximate surface area is 102 Å². The van der Waals surface area contributed by atoms with Gasteiger partial charge in [0.2, 0.25) is 0 Å². The summed E-state index contributed by atoms with van der Waals surface area (Å²) in [7, 11) is 0. The zero-order valence-electron chi connectivity index (χ0n) is 10.5. The summed E-state index contributed by atoms with van der Waals surface area (Å²) in [5, 5.41) is 3.40. The Kier molecular flexibility index (Phi) is 4.00. The molecule has 2 rings (SSSR count). The van der Waals surface area contributed by atoms with Crippen LogP contribution in [0, 0.1) is 12.7 Å². The van der Waals surface area contributed by atoms with Crippen molar-refractivity contribution in [3.63, 3.8) is 0 Å². The minimum Gasteiger partial charge on any atom is -0.486 e. The fourth-order valence-corrected chi connectivity index (χ4v) is 2.43. The van der Waals surface area contributed by atoms with Crippen LogP contribution in [-0.2, 0) is 0 Å². The Morgan fingerprint density at radius 3 is 3.00 bits per heavy atom. The quantitative estimate of drug-likeness (QED) is 0.869. The lowest BCUT2D eigenvalue weighted by Crippen LogP contribution is -2.38. The fraction of sp³-hybridized carbons (Fsp3) is 0.571. The highest BCUT2D eigenvalue weighted by atomic mass is 19.1. The molecule has 0 bridgehead atoms. The SMILES string of the molecule is CCNC1CCCC1Oc1cc(C)ccc1F. The van der Waals surface area contributed by atoms with Crippen LogP contribution in [0.15, 0.2) is 18.2 Å². The fourth-order valence-electron chi connectivity index (χ4n) is 2.43. The highest BCUT2D eigenvalue weighted by molar-refractivity contribution is 5.29. The van der Waals surface area contributed by atoms with Crippen LogP contribution in [0.4, 0.5) is 4.39 Å². The van der Waals surface area contributed by atoms with E-state index < -0.39 is 0 Å². The Hall–Kier alpha value is -1.09. The second-order valence-electron chi connectivity index (χ2n) is 4.69. The van der Waals surface area contributed by atoms with E-state index in [-0.39, 0.29) is 11.9 Å². The molecule has 0 amide bonds. The molecule has 0 aliphatic heterocycles. The van der Waals surface area contributed by atoms with Gasteiger partial charge in [0.15, 0.2) is 11.6 Å². The van der Waals surface area contributed by atoms with E-state index in [0.717, 1.165) is 31.4 Å². The second kappa shape index (κ2) is 5.50. The Bertz CT molecular complexity index is 380. The van der Waals surface area contributed by atoms with Crippen LogP contribution in [-0.4, -0.2) is 18.7 Å². The van der Waals surface area contributed by atoms with E-state index in [1.165, 1.54) is 6.07 Å². The van der Waals surface area contributed by atoms with Crippen LogP contribution in [0.1, 0.15) is 31.7 Å². The molecule has 1 saturated carbocycles. The zero-order valence-corrected chi connectivity index (χ0v) is 10.5. The summed E-state index contributed by atoms with van der Waals surface area (Å²) in [5.41, 5.74) is 1.03. The lowest BCUT2D eigenvalue weighted by Gasteiger charge is -2.22. The average molecular weight is 237 g/mol. The summed E-state index contributed by atoms with van der Waals surface area (Å²) < 4.78 is 19.4. The van der Waals surface area contributed by atoms with Crippen molar-refractivity contribution in [3.8, 4) is 5.75 Å². The van der Waals surface area contributed by atoms with Gasteiger partial charge in [-0.25, -0.2) is 4.39 Å². The van der Waals surface area contributed by atoms with E-state index in [1.54, 1.807) is 12.1 Å². The van der Waals surface area contributed by atoms with Gasteiger partial charge < -0.3 is 10.1 Å². The summed E-state index contributed by atoms with van der Waals surface area (Å²) in [4.78, 5) is 0. The van der Waals surface area contributed by atoms with Crippen molar-refractivity contribution in [1.82, 2.24) is 5.32 Å². The molecule has 1 aliphatic rings. The van der Waals surface area contributed by atoms with Gasteiger partial charge in [-0.3, -0.25) is 0 Å². The van der Waals surface area contributed by atoms with E-state index in [2.05, 4.69) is 12.2 Å². The lowest BCUT2D eigenvalue weighted by molar-refractivity contribution is 0.168. The number of rotatable bonds is 4. The minimum absolute atomic E-state index is 0.103. The maximum Gasteiger partial charge on any atom is 0.165 e. The summed E-state index contributed by atoms with van der Waals surface area (Å²) in [6.07, 6.45) is 3.37. The van der Waals surface area contributed by atoms with Crippen molar-refractivity contribution in [2.45, 2.75) is 45.3 Å². The van der Waals surface area contributed by atoms with Gasteiger partial charge in [-0.05, 0) is 50.4 Å². The molecule has 0 saturated heterocycles. The normalized spacial score (nSPS) is 23.9. The molecule has 1 N–H and O–H groups in total. The first-order valence-corrected chi connectivity index (χ1v) is 6.37. The van der Waals surface area contributed by atoms with Gasteiger partial charge in [0, 0.05) is 6.04 Å². The predicted molar refractivity (Wildman–Crippen MR) is 66.9 cm³/mol. The summed E-state index contributed by atoms with van der Waals surface area (Å²) in [6, 6.07) is 5.37. The molecule has 1 aromatic carbocycles. The van der Waals surface area contributed by atoms with E-state index in [0.29, 0.717) is 11.8 Å². The molecule has 2 unspecified atom stereocenters. The molecule has 1 aromatic rings. The molecule has 0 radical (unpaired) electrons. The molecule has 94 valence electrons.